The van der Waals surface area contributed by atoms with Crippen LogP contribution in [0.1, 0.15) is 72.6 Å². The van der Waals surface area contributed by atoms with Crippen molar-refractivity contribution in [2.75, 3.05) is 6.61 Å². The molecule has 0 aromatic heterocycles. The molecule has 4 nitrogen and oxygen atoms in total. The molecule has 0 aliphatic heterocycles. The molecule has 0 unspecified atom stereocenters. The number of carbonyl (C=O) groups excluding carboxylic acids is 2. The molecule has 4 heteroatoms. The summed E-state index contributed by atoms with van der Waals surface area (Å²) >= 11 is 0. The lowest BCUT2D eigenvalue weighted by atomic mass is 9.91. The number of rotatable bonds is 5. The van der Waals surface area contributed by atoms with E-state index in [2.05, 4.69) is 0 Å². The standard InChI is InChI=1S/C16H28O4/c1-5-15(2,3)14(18)19-12-13(17)20-16(4)10-8-6-7-9-11-16/h5-12H2,1-4H3. The van der Waals surface area contributed by atoms with E-state index in [4.69, 9.17) is 9.47 Å². The number of hydrogen-bond acceptors (Lipinski definition) is 4. The van der Waals surface area contributed by atoms with Crippen molar-refractivity contribution >= 4 is 11.9 Å². The fourth-order valence-electron chi connectivity index (χ4n) is 2.35. The predicted octanol–water partition coefficient (Wildman–Crippen LogP) is 3.62. The minimum atomic E-state index is -0.549. The Morgan fingerprint density at radius 2 is 1.65 bits per heavy atom. The summed E-state index contributed by atoms with van der Waals surface area (Å²) in [7, 11) is 0. The van der Waals surface area contributed by atoms with Gasteiger partial charge in [-0.1, -0.05) is 19.8 Å². The van der Waals surface area contributed by atoms with Gasteiger partial charge in [0.15, 0.2) is 6.61 Å². The van der Waals surface area contributed by atoms with Crippen LogP contribution in [0.2, 0.25) is 0 Å². The minimum absolute atomic E-state index is 0.280. The van der Waals surface area contributed by atoms with Crippen LogP contribution in [-0.4, -0.2) is 24.1 Å². The molecule has 0 saturated heterocycles. The van der Waals surface area contributed by atoms with Gasteiger partial charge in [-0.3, -0.25) is 4.79 Å². The van der Waals surface area contributed by atoms with E-state index in [0.29, 0.717) is 6.42 Å². The molecule has 0 atom stereocenters. The van der Waals surface area contributed by atoms with Gasteiger partial charge in [-0.05, 0) is 52.9 Å². The monoisotopic (exact) mass is 284 g/mol. The third-order valence-corrected chi connectivity index (χ3v) is 4.28. The molecule has 20 heavy (non-hydrogen) atoms. The first-order valence-corrected chi connectivity index (χ1v) is 7.68. The Kier molecular flexibility index (Phi) is 6.03. The van der Waals surface area contributed by atoms with E-state index in [1.165, 1.54) is 12.8 Å². The predicted molar refractivity (Wildman–Crippen MR) is 77.2 cm³/mol. The Bertz CT molecular complexity index is 338. The molecule has 1 saturated carbocycles. The summed E-state index contributed by atoms with van der Waals surface area (Å²) in [5, 5.41) is 0. The van der Waals surface area contributed by atoms with Crippen LogP contribution in [0, 0.1) is 5.41 Å². The van der Waals surface area contributed by atoms with Gasteiger partial charge in [-0.15, -0.1) is 0 Å². The summed E-state index contributed by atoms with van der Waals surface area (Å²) in [5.74, 6) is -0.780. The highest BCUT2D eigenvalue weighted by atomic mass is 16.6. The zero-order valence-corrected chi connectivity index (χ0v) is 13.3. The maximum absolute atomic E-state index is 11.8. The molecular formula is C16H28O4. The Labute approximate surface area is 122 Å². The molecule has 1 aliphatic carbocycles. The van der Waals surface area contributed by atoms with Crippen LogP contribution >= 0.6 is 0 Å². The maximum atomic E-state index is 11.8. The van der Waals surface area contributed by atoms with Crippen molar-refractivity contribution in [2.24, 2.45) is 5.41 Å². The van der Waals surface area contributed by atoms with Crippen LogP contribution in [0.3, 0.4) is 0 Å². The van der Waals surface area contributed by atoms with Gasteiger partial charge in [0.25, 0.3) is 0 Å². The van der Waals surface area contributed by atoms with E-state index in [-0.39, 0.29) is 18.2 Å². The maximum Gasteiger partial charge on any atom is 0.344 e. The first-order valence-electron chi connectivity index (χ1n) is 7.68. The Balaban J connectivity index is 2.41. The molecule has 1 fully saturated rings. The average molecular weight is 284 g/mol. The summed E-state index contributed by atoms with van der Waals surface area (Å²) in [6, 6.07) is 0. The largest absolute Gasteiger partial charge is 0.457 e. The molecule has 0 spiro atoms. The van der Waals surface area contributed by atoms with Crippen molar-refractivity contribution < 1.29 is 19.1 Å². The van der Waals surface area contributed by atoms with E-state index in [1.54, 1.807) is 0 Å². The van der Waals surface area contributed by atoms with Gasteiger partial charge in [0.1, 0.15) is 5.60 Å². The highest BCUT2D eigenvalue weighted by Gasteiger charge is 2.31. The fraction of sp³-hybridized carbons (Fsp3) is 0.875. The molecule has 1 aliphatic rings. The molecule has 0 radical (unpaired) electrons. The molecular weight excluding hydrogens is 256 g/mol. The number of ether oxygens (including phenoxy) is 2. The lowest BCUT2D eigenvalue weighted by Gasteiger charge is -2.28. The van der Waals surface area contributed by atoms with Crippen LogP contribution in [-0.2, 0) is 19.1 Å². The van der Waals surface area contributed by atoms with E-state index < -0.39 is 11.4 Å². The zero-order valence-electron chi connectivity index (χ0n) is 13.3. The van der Waals surface area contributed by atoms with Gasteiger partial charge >= 0.3 is 11.9 Å². The zero-order chi connectivity index (χ0) is 15.2. The van der Waals surface area contributed by atoms with Gasteiger partial charge in [0.05, 0.1) is 5.41 Å². The Morgan fingerprint density at radius 3 is 2.15 bits per heavy atom. The topological polar surface area (TPSA) is 52.6 Å². The summed E-state index contributed by atoms with van der Waals surface area (Å²) < 4.78 is 10.6. The van der Waals surface area contributed by atoms with Crippen LogP contribution in [0.25, 0.3) is 0 Å². The van der Waals surface area contributed by atoms with Crippen LogP contribution in [0.15, 0.2) is 0 Å². The smallest absolute Gasteiger partial charge is 0.344 e. The average Bonchev–Trinajstić information content (AvgIpc) is 2.60. The second kappa shape index (κ2) is 7.09. The first-order chi connectivity index (χ1) is 9.29. The van der Waals surface area contributed by atoms with Crippen molar-refractivity contribution in [1.29, 1.82) is 0 Å². The van der Waals surface area contributed by atoms with Gasteiger partial charge in [-0.25, -0.2) is 4.79 Å². The van der Waals surface area contributed by atoms with Crippen molar-refractivity contribution in [3.05, 3.63) is 0 Å². The number of esters is 2. The summed E-state index contributed by atoms with van der Waals surface area (Å²) in [4.78, 5) is 23.6. The highest BCUT2D eigenvalue weighted by Crippen LogP contribution is 2.30. The quantitative estimate of drug-likeness (QED) is 0.571. The van der Waals surface area contributed by atoms with E-state index in [0.717, 1.165) is 25.7 Å². The van der Waals surface area contributed by atoms with E-state index in [1.807, 2.05) is 27.7 Å². The Morgan fingerprint density at radius 1 is 1.10 bits per heavy atom. The SMILES string of the molecule is CCC(C)(C)C(=O)OCC(=O)OC1(C)CCCCCC1. The van der Waals surface area contributed by atoms with Gasteiger partial charge in [0.2, 0.25) is 0 Å². The lowest BCUT2D eigenvalue weighted by molar-refractivity contribution is -0.173. The summed E-state index contributed by atoms with van der Waals surface area (Å²) in [6.07, 6.45) is 7.05. The van der Waals surface area contributed by atoms with Crippen LogP contribution in [0.5, 0.6) is 0 Å². The van der Waals surface area contributed by atoms with Crippen molar-refractivity contribution in [1.82, 2.24) is 0 Å². The summed E-state index contributed by atoms with van der Waals surface area (Å²) in [5.41, 5.74) is -0.938. The number of hydrogen-bond donors (Lipinski definition) is 0. The normalized spacial score (nSPS) is 19.0. The van der Waals surface area contributed by atoms with Crippen molar-refractivity contribution in [2.45, 2.75) is 78.2 Å². The third kappa shape index (κ3) is 5.14. The highest BCUT2D eigenvalue weighted by molar-refractivity contribution is 5.79. The van der Waals surface area contributed by atoms with Crippen molar-refractivity contribution in [3.8, 4) is 0 Å². The molecule has 0 aromatic rings. The van der Waals surface area contributed by atoms with Gasteiger partial charge in [-0.2, -0.15) is 0 Å². The molecule has 0 N–H and O–H groups in total. The second-order valence-electron chi connectivity index (χ2n) is 6.65. The van der Waals surface area contributed by atoms with Crippen LogP contribution < -0.4 is 0 Å². The van der Waals surface area contributed by atoms with E-state index in [9.17, 15) is 9.59 Å². The van der Waals surface area contributed by atoms with Gasteiger partial charge in [0, 0.05) is 0 Å². The molecule has 0 heterocycles. The molecule has 0 aromatic carbocycles. The summed E-state index contributed by atoms with van der Waals surface area (Å²) in [6.45, 7) is 7.25. The fourth-order valence-corrected chi connectivity index (χ4v) is 2.35. The van der Waals surface area contributed by atoms with Gasteiger partial charge < -0.3 is 9.47 Å². The van der Waals surface area contributed by atoms with Crippen molar-refractivity contribution in [3.63, 3.8) is 0 Å². The minimum Gasteiger partial charge on any atom is -0.457 e. The third-order valence-electron chi connectivity index (χ3n) is 4.28. The second-order valence-corrected chi connectivity index (χ2v) is 6.65. The molecule has 0 bridgehead atoms. The van der Waals surface area contributed by atoms with E-state index >= 15 is 0 Å². The Hall–Kier alpha value is -1.06. The molecule has 1 rings (SSSR count). The first kappa shape index (κ1) is 17.0. The molecule has 0 amide bonds. The lowest BCUT2D eigenvalue weighted by Crippen LogP contribution is -2.34. The van der Waals surface area contributed by atoms with Crippen LogP contribution in [0.4, 0.5) is 0 Å². The molecule has 116 valence electrons. The number of carbonyl (C=O) groups is 2.